The van der Waals surface area contributed by atoms with Crippen LogP contribution in [0.2, 0.25) is 0 Å². The number of aliphatic carboxylic acids is 1. The summed E-state index contributed by atoms with van der Waals surface area (Å²) in [5.41, 5.74) is 1.76. The van der Waals surface area contributed by atoms with Crippen molar-refractivity contribution in [3.63, 3.8) is 0 Å². The minimum absolute atomic E-state index is 0.0186. The average molecular weight is 244 g/mol. The number of aromatic amines is 1. The summed E-state index contributed by atoms with van der Waals surface area (Å²) >= 11 is 0. The van der Waals surface area contributed by atoms with Crippen LogP contribution in [0.15, 0.2) is 30.6 Å². The third-order valence-electron chi connectivity index (χ3n) is 3.00. The number of carbonyl (C=O) groups is 1. The Morgan fingerprint density at radius 2 is 2.28 bits per heavy atom. The number of rotatable bonds is 4. The lowest BCUT2D eigenvalue weighted by atomic mass is 10.2. The van der Waals surface area contributed by atoms with Crippen LogP contribution in [-0.2, 0) is 4.79 Å². The molecule has 92 valence electrons. The van der Waals surface area contributed by atoms with Crippen LogP contribution in [-0.4, -0.2) is 32.3 Å². The standard InChI is InChI=1S/C12H12N4O2/c17-12(18)8-5-10(8)14-11-2-1-9(15-16-11)7-3-4-13-6-7/h1-4,6,8,10,13H,5H2,(H,14,16)(H,17,18). The molecule has 3 rings (SSSR count). The summed E-state index contributed by atoms with van der Waals surface area (Å²) in [4.78, 5) is 13.6. The van der Waals surface area contributed by atoms with Gasteiger partial charge >= 0.3 is 5.97 Å². The third kappa shape index (κ3) is 2.04. The van der Waals surface area contributed by atoms with Gasteiger partial charge < -0.3 is 15.4 Å². The fourth-order valence-electron chi connectivity index (χ4n) is 1.86. The summed E-state index contributed by atoms with van der Waals surface area (Å²) in [5, 5.41) is 20.0. The fourth-order valence-corrected chi connectivity index (χ4v) is 1.86. The fraction of sp³-hybridized carbons (Fsp3) is 0.250. The van der Waals surface area contributed by atoms with Gasteiger partial charge in [-0.05, 0) is 24.6 Å². The van der Waals surface area contributed by atoms with Crippen molar-refractivity contribution in [3.05, 3.63) is 30.6 Å². The van der Waals surface area contributed by atoms with Crippen LogP contribution in [0, 0.1) is 5.92 Å². The molecule has 1 aliphatic rings. The van der Waals surface area contributed by atoms with Crippen LogP contribution in [0.4, 0.5) is 5.82 Å². The number of carboxylic acid groups (broad SMARTS) is 1. The van der Waals surface area contributed by atoms with Gasteiger partial charge in [-0.2, -0.15) is 0 Å². The van der Waals surface area contributed by atoms with Crippen molar-refractivity contribution in [3.8, 4) is 11.3 Å². The number of nitrogens with one attached hydrogen (secondary N) is 2. The molecule has 0 bridgehead atoms. The van der Waals surface area contributed by atoms with Crippen molar-refractivity contribution in [2.45, 2.75) is 12.5 Å². The second-order valence-corrected chi connectivity index (χ2v) is 4.33. The zero-order valence-electron chi connectivity index (χ0n) is 9.50. The topological polar surface area (TPSA) is 90.9 Å². The van der Waals surface area contributed by atoms with Gasteiger partial charge in [0, 0.05) is 24.0 Å². The molecule has 6 nitrogen and oxygen atoms in total. The SMILES string of the molecule is O=C(O)C1CC1Nc1ccc(-c2cc[nH]c2)nn1. The van der Waals surface area contributed by atoms with E-state index < -0.39 is 5.97 Å². The zero-order valence-corrected chi connectivity index (χ0v) is 9.50. The molecule has 2 unspecified atom stereocenters. The molecule has 6 heteroatoms. The van der Waals surface area contributed by atoms with Gasteiger partial charge in [-0.1, -0.05) is 0 Å². The Morgan fingerprint density at radius 1 is 1.39 bits per heavy atom. The van der Waals surface area contributed by atoms with E-state index in [0.717, 1.165) is 11.3 Å². The van der Waals surface area contributed by atoms with Crippen molar-refractivity contribution in [2.24, 2.45) is 5.92 Å². The highest BCUT2D eigenvalue weighted by Gasteiger charge is 2.43. The van der Waals surface area contributed by atoms with Gasteiger partial charge in [0.25, 0.3) is 0 Å². The van der Waals surface area contributed by atoms with E-state index in [1.54, 1.807) is 0 Å². The lowest BCUT2D eigenvalue weighted by Crippen LogP contribution is -2.11. The first kappa shape index (κ1) is 10.8. The molecule has 0 aliphatic heterocycles. The molecule has 0 amide bonds. The molecule has 0 radical (unpaired) electrons. The van der Waals surface area contributed by atoms with E-state index in [2.05, 4.69) is 20.5 Å². The molecule has 0 spiro atoms. The van der Waals surface area contributed by atoms with Gasteiger partial charge in [0.05, 0.1) is 11.6 Å². The van der Waals surface area contributed by atoms with Crippen LogP contribution in [0.25, 0.3) is 11.3 Å². The lowest BCUT2D eigenvalue weighted by Gasteiger charge is -2.03. The molecule has 18 heavy (non-hydrogen) atoms. The number of nitrogens with zero attached hydrogens (tertiary/aromatic N) is 2. The molecule has 1 aliphatic carbocycles. The monoisotopic (exact) mass is 244 g/mol. The minimum Gasteiger partial charge on any atom is -0.481 e. The number of anilines is 1. The van der Waals surface area contributed by atoms with Crippen LogP contribution in [0.5, 0.6) is 0 Å². The molecule has 2 heterocycles. The summed E-state index contributed by atoms with van der Waals surface area (Å²) in [6, 6.07) is 5.57. The zero-order chi connectivity index (χ0) is 12.5. The van der Waals surface area contributed by atoms with Crippen LogP contribution >= 0.6 is 0 Å². The van der Waals surface area contributed by atoms with E-state index in [1.165, 1.54) is 0 Å². The molecule has 3 N–H and O–H groups in total. The van der Waals surface area contributed by atoms with E-state index in [1.807, 2.05) is 30.6 Å². The van der Waals surface area contributed by atoms with Crippen LogP contribution in [0.1, 0.15) is 6.42 Å². The van der Waals surface area contributed by atoms with Gasteiger partial charge in [0.15, 0.2) is 0 Å². The number of H-pyrrole nitrogens is 1. The van der Waals surface area contributed by atoms with E-state index >= 15 is 0 Å². The predicted molar refractivity (Wildman–Crippen MR) is 65.0 cm³/mol. The highest BCUT2D eigenvalue weighted by molar-refractivity contribution is 5.75. The van der Waals surface area contributed by atoms with Gasteiger partial charge in [0.1, 0.15) is 5.82 Å². The average Bonchev–Trinajstić information content (AvgIpc) is 2.92. The van der Waals surface area contributed by atoms with E-state index in [4.69, 9.17) is 5.11 Å². The normalized spacial score (nSPS) is 21.6. The smallest absolute Gasteiger partial charge is 0.308 e. The van der Waals surface area contributed by atoms with Gasteiger partial charge in [-0.3, -0.25) is 4.79 Å². The molecule has 1 fully saturated rings. The molecule has 2 aromatic rings. The third-order valence-corrected chi connectivity index (χ3v) is 3.00. The Morgan fingerprint density at radius 3 is 2.83 bits per heavy atom. The van der Waals surface area contributed by atoms with Gasteiger partial charge in [0.2, 0.25) is 0 Å². The number of hydrogen-bond donors (Lipinski definition) is 3. The number of aromatic nitrogens is 3. The molecule has 0 saturated heterocycles. The van der Waals surface area contributed by atoms with Crippen LogP contribution in [0.3, 0.4) is 0 Å². The second kappa shape index (κ2) is 4.14. The molecule has 2 atom stereocenters. The summed E-state index contributed by atoms with van der Waals surface area (Å²) in [7, 11) is 0. The van der Waals surface area contributed by atoms with Crippen molar-refractivity contribution >= 4 is 11.8 Å². The summed E-state index contributed by atoms with van der Waals surface area (Å²) in [6.45, 7) is 0. The summed E-state index contributed by atoms with van der Waals surface area (Å²) in [5.74, 6) is -0.441. The Labute approximate surface area is 103 Å². The number of hydrogen-bond acceptors (Lipinski definition) is 4. The van der Waals surface area contributed by atoms with Gasteiger partial charge in [-0.25, -0.2) is 0 Å². The lowest BCUT2D eigenvalue weighted by molar-refractivity contribution is -0.138. The van der Waals surface area contributed by atoms with Gasteiger partial charge in [-0.15, -0.1) is 10.2 Å². The van der Waals surface area contributed by atoms with Crippen molar-refractivity contribution in [2.75, 3.05) is 5.32 Å². The Balaban J connectivity index is 1.67. The predicted octanol–water partition coefficient (Wildman–Crippen LogP) is 1.36. The van der Waals surface area contributed by atoms with Crippen molar-refractivity contribution in [1.29, 1.82) is 0 Å². The van der Waals surface area contributed by atoms with E-state index in [-0.39, 0.29) is 12.0 Å². The maximum atomic E-state index is 10.7. The highest BCUT2D eigenvalue weighted by Crippen LogP contribution is 2.33. The van der Waals surface area contributed by atoms with E-state index in [9.17, 15) is 4.79 Å². The Kier molecular flexibility index (Phi) is 2.47. The maximum Gasteiger partial charge on any atom is 0.308 e. The second-order valence-electron chi connectivity index (χ2n) is 4.33. The van der Waals surface area contributed by atoms with Crippen LogP contribution < -0.4 is 5.32 Å². The molecular weight excluding hydrogens is 232 g/mol. The quantitative estimate of drug-likeness (QED) is 0.755. The maximum absolute atomic E-state index is 10.7. The molecule has 0 aromatic carbocycles. The number of carboxylic acids is 1. The Hall–Kier alpha value is -2.37. The largest absolute Gasteiger partial charge is 0.481 e. The first-order valence-corrected chi connectivity index (χ1v) is 5.70. The first-order chi connectivity index (χ1) is 8.74. The summed E-state index contributed by atoms with van der Waals surface area (Å²) < 4.78 is 0. The minimum atomic E-state index is -0.760. The Bertz CT molecular complexity index is 550. The molecular formula is C12H12N4O2. The first-order valence-electron chi connectivity index (χ1n) is 5.70. The van der Waals surface area contributed by atoms with E-state index in [0.29, 0.717) is 12.2 Å². The van der Waals surface area contributed by atoms with Crippen molar-refractivity contribution < 1.29 is 9.90 Å². The summed E-state index contributed by atoms with van der Waals surface area (Å²) in [6.07, 6.45) is 4.32. The molecule has 1 saturated carbocycles. The highest BCUT2D eigenvalue weighted by atomic mass is 16.4. The van der Waals surface area contributed by atoms with Crippen molar-refractivity contribution in [1.82, 2.24) is 15.2 Å². The molecule has 2 aromatic heterocycles.